The number of nitrogens with zero attached hydrogens (tertiary/aromatic N) is 3. The molecule has 0 saturated heterocycles. The fraction of sp³-hybridized carbons (Fsp3) is 0.364. The largest absolute Gasteiger partial charge is 0.506 e. The van der Waals surface area contributed by atoms with Gasteiger partial charge in [-0.15, -0.1) is 10.2 Å². The number of carbonyl (C=O) groups is 1. The molecule has 170 valence electrons. The summed E-state index contributed by atoms with van der Waals surface area (Å²) in [5, 5.41) is 32.3. The maximum absolute atomic E-state index is 11.3. The molecule has 3 aromatic rings. The highest BCUT2D eigenvalue weighted by Crippen LogP contribution is 2.49. The van der Waals surface area contributed by atoms with E-state index in [1.165, 1.54) is 21.1 Å². The lowest BCUT2D eigenvalue weighted by molar-refractivity contribution is -0.119. The third-order valence-corrected chi connectivity index (χ3v) is 4.84. The third-order valence-electron chi connectivity index (χ3n) is 4.84. The van der Waals surface area contributed by atoms with E-state index in [0.717, 1.165) is 12.8 Å². The monoisotopic (exact) mass is 442 g/mol. The van der Waals surface area contributed by atoms with E-state index < -0.39 is 5.88 Å². The molecular weight excluding hydrogens is 416 g/mol. The molecule has 2 heterocycles. The second-order valence-electron chi connectivity index (χ2n) is 7.03. The standard InChI is InChI=1S/C22H26N4O6/c1-5-6-8-13-17(18-14(30-3)9-7-10-15(18)31-4)20(28)19(21(29)24-13)22-26-25-16(32-22)11-23-12(2)27/h7,9-10H,5-6,8,11H2,1-4H3,(H,23,27)(H2,24,28,29). The Morgan fingerprint density at radius 1 is 1.09 bits per heavy atom. The van der Waals surface area contributed by atoms with Gasteiger partial charge >= 0.3 is 0 Å². The highest BCUT2D eigenvalue weighted by atomic mass is 16.5. The number of rotatable bonds is 9. The van der Waals surface area contributed by atoms with Crippen LogP contribution in [0.3, 0.4) is 0 Å². The van der Waals surface area contributed by atoms with Gasteiger partial charge in [0.25, 0.3) is 5.89 Å². The number of methoxy groups -OCH3 is 2. The quantitative estimate of drug-likeness (QED) is 0.455. The van der Waals surface area contributed by atoms with E-state index >= 15 is 0 Å². The number of pyridine rings is 1. The smallest absolute Gasteiger partial charge is 0.257 e. The molecular formula is C22H26N4O6. The molecule has 3 N–H and O–H groups in total. The number of amides is 1. The van der Waals surface area contributed by atoms with Gasteiger partial charge in [0.1, 0.15) is 22.8 Å². The van der Waals surface area contributed by atoms with Crippen LogP contribution in [-0.2, 0) is 17.8 Å². The van der Waals surface area contributed by atoms with Gasteiger partial charge in [-0.2, -0.15) is 0 Å². The summed E-state index contributed by atoms with van der Waals surface area (Å²) in [5.41, 5.74) is 1.20. The Balaban J connectivity index is 2.22. The minimum atomic E-state index is -0.444. The summed E-state index contributed by atoms with van der Waals surface area (Å²) in [5.74, 6) is -0.0871. The Bertz CT molecular complexity index is 1090. The van der Waals surface area contributed by atoms with E-state index in [4.69, 9.17) is 13.9 Å². The first-order chi connectivity index (χ1) is 15.4. The number of hydrogen-bond acceptors (Lipinski definition) is 9. The molecule has 0 fully saturated rings. The number of carbonyl (C=O) groups excluding carboxylic acids is 1. The molecule has 0 saturated carbocycles. The van der Waals surface area contributed by atoms with Gasteiger partial charge < -0.3 is 29.4 Å². The van der Waals surface area contributed by atoms with Gasteiger partial charge in [-0.25, -0.2) is 4.98 Å². The fourth-order valence-corrected chi connectivity index (χ4v) is 3.32. The highest BCUT2D eigenvalue weighted by molar-refractivity contribution is 5.88. The molecule has 0 radical (unpaired) electrons. The van der Waals surface area contributed by atoms with Gasteiger partial charge in [-0.1, -0.05) is 19.4 Å². The zero-order valence-corrected chi connectivity index (χ0v) is 18.4. The van der Waals surface area contributed by atoms with Crippen molar-refractivity contribution in [2.75, 3.05) is 14.2 Å². The summed E-state index contributed by atoms with van der Waals surface area (Å²) in [6.45, 7) is 3.41. The van der Waals surface area contributed by atoms with Gasteiger partial charge in [0, 0.05) is 6.92 Å². The predicted molar refractivity (Wildman–Crippen MR) is 116 cm³/mol. The Morgan fingerprint density at radius 2 is 1.78 bits per heavy atom. The molecule has 1 amide bonds. The number of unbranched alkanes of at least 4 members (excludes halogenated alkanes) is 1. The normalized spacial score (nSPS) is 10.8. The van der Waals surface area contributed by atoms with Gasteiger partial charge in [0.05, 0.1) is 37.6 Å². The maximum atomic E-state index is 11.3. The minimum Gasteiger partial charge on any atom is -0.506 e. The Labute approximate surface area is 185 Å². The molecule has 32 heavy (non-hydrogen) atoms. The number of hydrogen-bond donors (Lipinski definition) is 3. The number of aromatic nitrogens is 3. The number of benzene rings is 1. The summed E-state index contributed by atoms with van der Waals surface area (Å²) >= 11 is 0. The third kappa shape index (κ3) is 4.58. The fourth-order valence-electron chi connectivity index (χ4n) is 3.32. The van der Waals surface area contributed by atoms with Crippen molar-refractivity contribution in [3.8, 4) is 45.7 Å². The van der Waals surface area contributed by atoms with Crippen LogP contribution in [0.4, 0.5) is 0 Å². The molecule has 1 aromatic carbocycles. The maximum Gasteiger partial charge on any atom is 0.257 e. The summed E-state index contributed by atoms with van der Waals surface area (Å²) in [6, 6.07) is 5.25. The molecule has 0 atom stereocenters. The van der Waals surface area contributed by atoms with Gasteiger partial charge in [0.15, 0.2) is 0 Å². The van der Waals surface area contributed by atoms with Crippen molar-refractivity contribution in [2.45, 2.75) is 39.7 Å². The van der Waals surface area contributed by atoms with E-state index in [9.17, 15) is 15.0 Å². The van der Waals surface area contributed by atoms with Crippen LogP contribution < -0.4 is 14.8 Å². The predicted octanol–water partition coefficient (Wildman–Crippen LogP) is 3.21. The van der Waals surface area contributed by atoms with E-state index in [-0.39, 0.29) is 35.5 Å². The molecule has 0 aliphatic heterocycles. The average molecular weight is 442 g/mol. The molecule has 2 aromatic heterocycles. The van der Waals surface area contributed by atoms with Crippen molar-refractivity contribution < 1.29 is 28.9 Å². The van der Waals surface area contributed by atoms with Crippen molar-refractivity contribution in [1.82, 2.24) is 20.5 Å². The Kier molecular flexibility index (Phi) is 7.14. The van der Waals surface area contributed by atoms with Gasteiger partial charge in [0.2, 0.25) is 17.7 Å². The molecule has 10 heteroatoms. The molecule has 0 bridgehead atoms. The lowest BCUT2D eigenvalue weighted by atomic mass is 9.95. The highest BCUT2D eigenvalue weighted by Gasteiger charge is 2.28. The first kappa shape index (κ1) is 22.9. The van der Waals surface area contributed by atoms with Crippen molar-refractivity contribution in [1.29, 1.82) is 0 Å². The van der Waals surface area contributed by atoms with E-state index in [0.29, 0.717) is 34.7 Å². The van der Waals surface area contributed by atoms with Crippen LogP contribution >= 0.6 is 0 Å². The lowest BCUT2D eigenvalue weighted by Gasteiger charge is -2.18. The van der Waals surface area contributed by atoms with Crippen LogP contribution in [0.15, 0.2) is 22.6 Å². The van der Waals surface area contributed by atoms with Crippen LogP contribution in [0, 0.1) is 0 Å². The SMILES string of the molecule is CCCCc1nc(O)c(-c2nnc(CNC(C)=O)o2)c(O)c1-c1c(OC)cccc1OC. The molecule has 0 unspecified atom stereocenters. The van der Waals surface area contributed by atoms with E-state index in [1.54, 1.807) is 18.2 Å². The number of ether oxygens (including phenoxy) is 2. The Hall–Kier alpha value is -3.82. The van der Waals surface area contributed by atoms with E-state index in [1.807, 2.05) is 6.92 Å². The van der Waals surface area contributed by atoms with Crippen LogP contribution in [0.5, 0.6) is 23.1 Å². The summed E-state index contributed by atoms with van der Waals surface area (Å²) in [7, 11) is 3.03. The topological polar surface area (TPSA) is 140 Å². The second kappa shape index (κ2) is 9.99. The number of nitrogens with one attached hydrogen (secondary N) is 1. The zero-order valence-electron chi connectivity index (χ0n) is 18.4. The Morgan fingerprint density at radius 3 is 2.38 bits per heavy atom. The zero-order chi connectivity index (χ0) is 23.3. The lowest BCUT2D eigenvalue weighted by Crippen LogP contribution is -2.18. The first-order valence-corrected chi connectivity index (χ1v) is 10.1. The van der Waals surface area contributed by atoms with Crippen molar-refractivity contribution in [3.05, 3.63) is 29.8 Å². The van der Waals surface area contributed by atoms with Crippen LogP contribution in [0.25, 0.3) is 22.6 Å². The van der Waals surface area contributed by atoms with Crippen LogP contribution in [0.1, 0.15) is 38.3 Å². The van der Waals surface area contributed by atoms with E-state index in [2.05, 4.69) is 20.5 Å². The van der Waals surface area contributed by atoms with Crippen LogP contribution in [0.2, 0.25) is 0 Å². The number of aryl methyl sites for hydroxylation is 1. The molecule has 0 spiro atoms. The van der Waals surface area contributed by atoms with Crippen molar-refractivity contribution in [3.63, 3.8) is 0 Å². The van der Waals surface area contributed by atoms with Crippen LogP contribution in [-0.4, -0.2) is 45.5 Å². The van der Waals surface area contributed by atoms with Gasteiger partial charge in [-0.05, 0) is 25.0 Å². The second-order valence-corrected chi connectivity index (χ2v) is 7.03. The minimum absolute atomic E-state index is 0.0130. The summed E-state index contributed by atoms with van der Waals surface area (Å²) in [6.07, 6.45) is 2.19. The molecule has 0 aliphatic carbocycles. The molecule has 0 aliphatic rings. The van der Waals surface area contributed by atoms with Gasteiger partial charge in [-0.3, -0.25) is 4.79 Å². The summed E-state index contributed by atoms with van der Waals surface area (Å²) < 4.78 is 16.6. The summed E-state index contributed by atoms with van der Waals surface area (Å²) in [4.78, 5) is 15.5. The number of aromatic hydroxyl groups is 2. The molecule has 3 rings (SSSR count). The van der Waals surface area contributed by atoms with Crippen molar-refractivity contribution in [2.24, 2.45) is 0 Å². The average Bonchev–Trinajstić information content (AvgIpc) is 3.24. The molecule has 10 nitrogen and oxygen atoms in total. The first-order valence-electron chi connectivity index (χ1n) is 10.1. The van der Waals surface area contributed by atoms with Crippen molar-refractivity contribution >= 4 is 5.91 Å².